The molecule has 6 nitrogen and oxygen atoms in total. The van der Waals surface area contributed by atoms with E-state index in [1.54, 1.807) is 31.5 Å². The van der Waals surface area contributed by atoms with E-state index in [1.807, 2.05) is 29.2 Å². The molecule has 160 valence electrons. The average molecular weight is 420 g/mol. The lowest BCUT2D eigenvalue weighted by Crippen LogP contribution is -2.40. The number of anilines is 1. The largest absolute Gasteiger partial charge is 0.497 e. The maximum atomic E-state index is 14.6. The highest BCUT2D eigenvalue weighted by atomic mass is 19.1. The van der Waals surface area contributed by atoms with Crippen molar-refractivity contribution in [2.45, 2.75) is 31.7 Å². The van der Waals surface area contributed by atoms with Crippen molar-refractivity contribution in [1.29, 1.82) is 0 Å². The molecule has 2 heterocycles. The lowest BCUT2D eigenvalue weighted by atomic mass is 9.93. The second kappa shape index (κ2) is 9.12. The molecular formula is C24H25FN4O2. The number of carbonyl (C=O) groups excluding carboxylic acids is 1. The minimum Gasteiger partial charge on any atom is -0.497 e. The van der Waals surface area contributed by atoms with Gasteiger partial charge in [-0.2, -0.15) is 0 Å². The Morgan fingerprint density at radius 2 is 1.94 bits per heavy atom. The van der Waals surface area contributed by atoms with Gasteiger partial charge in [0.1, 0.15) is 11.6 Å². The third-order valence-corrected chi connectivity index (χ3v) is 5.65. The van der Waals surface area contributed by atoms with Crippen molar-refractivity contribution in [3.63, 3.8) is 0 Å². The maximum absolute atomic E-state index is 14.6. The molecule has 0 aliphatic carbocycles. The molecule has 1 aromatic heterocycles. The first-order valence-corrected chi connectivity index (χ1v) is 10.4. The fraction of sp³-hybridized carbons (Fsp3) is 0.292. The van der Waals surface area contributed by atoms with Crippen molar-refractivity contribution in [2.75, 3.05) is 19.4 Å². The lowest BCUT2D eigenvalue weighted by molar-refractivity contribution is -0.134. The van der Waals surface area contributed by atoms with E-state index in [2.05, 4.69) is 9.97 Å². The molecule has 0 unspecified atom stereocenters. The molecule has 7 heteroatoms. The summed E-state index contributed by atoms with van der Waals surface area (Å²) >= 11 is 0. The second-order valence-corrected chi connectivity index (χ2v) is 7.63. The third kappa shape index (κ3) is 4.50. The first-order valence-electron chi connectivity index (χ1n) is 10.4. The summed E-state index contributed by atoms with van der Waals surface area (Å²) in [6, 6.07) is 13.7. The minimum atomic E-state index is -0.357. The van der Waals surface area contributed by atoms with Crippen LogP contribution in [0, 0.1) is 5.82 Å². The van der Waals surface area contributed by atoms with Gasteiger partial charge in [-0.25, -0.2) is 14.4 Å². The van der Waals surface area contributed by atoms with E-state index in [1.165, 1.54) is 6.07 Å². The Kier molecular flexibility index (Phi) is 6.11. The van der Waals surface area contributed by atoms with Crippen molar-refractivity contribution >= 4 is 11.9 Å². The normalized spacial score (nSPS) is 16.2. The maximum Gasteiger partial charge on any atom is 0.227 e. The van der Waals surface area contributed by atoms with Crippen molar-refractivity contribution < 1.29 is 13.9 Å². The number of halogens is 1. The van der Waals surface area contributed by atoms with Crippen molar-refractivity contribution in [2.24, 2.45) is 0 Å². The molecule has 1 amide bonds. The fourth-order valence-electron chi connectivity index (χ4n) is 4.08. The SMILES string of the molecule is COc1ccc(CC(=O)N2CCCC[C@@H]2c2nc(N)ncc2-c2ccccc2F)cc1. The van der Waals surface area contributed by atoms with Crippen LogP contribution >= 0.6 is 0 Å². The number of nitrogens with two attached hydrogens (primary N) is 1. The molecule has 2 aromatic carbocycles. The molecule has 1 aliphatic heterocycles. The number of nitrogen functional groups attached to an aromatic ring is 1. The summed E-state index contributed by atoms with van der Waals surface area (Å²) in [6.45, 7) is 0.625. The molecule has 1 fully saturated rings. The van der Waals surface area contributed by atoms with Crippen LogP contribution in [0.15, 0.2) is 54.7 Å². The van der Waals surface area contributed by atoms with E-state index in [4.69, 9.17) is 10.5 Å². The Bertz CT molecular complexity index is 1070. The monoisotopic (exact) mass is 420 g/mol. The van der Waals surface area contributed by atoms with Gasteiger partial charge in [-0.3, -0.25) is 4.79 Å². The average Bonchev–Trinajstić information content (AvgIpc) is 2.80. The van der Waals surface area contributed by atoms with E-state index in [-0.39, 0.29) is 30.1 Å². The summed E-state index contributed by atoms with van der Waals surface area (Å²) < 4.78 is 19.7. The van der Waals surface area contributed by atoms with Gasteiger partial charge in [-0.1, -0.05) is 30.3 Å². The van der Waals surface area contributed by atoms with E-state index >= 15 is 0 Å². The molecular weight excluding hydrogens is 395 g/mol. The summed E-state index contributed by atoms with van der Waals surface area (Å²) in [7, 11) is 1.61. The van der Waals surface area contributed by atoms with E-state index < -0.39 is 0 Å². The number of nitrogens with zero attached hydrogens (tertiary/aromatic N) is 3. The Balaban J connectivity index is 1.66. The number of hydrogen-bond donors (Lipinski definition) is 1. The highest BCUT2D eigenvalue weighted by Crippen LogP contribution is 2.37. The van der Waals surface area contributed by atoms with Gasteiger partial charge in [0.05, 0.1) is 25.3 Å². The van der Waals surface area contributed by atoms with Crippen LogP contribution in [0.3, 0.4) is 0 Å². The van der Waals surface area contributed by atoms with Crippen LogP contribution < -0.4 is 10.5 Å². The van der Waals surface area contributed by atoms with E-state index in [9.17, 15) is 9.18 Å². The minimum absolute atomic E-state index is 0.00605. The van der Waals surface area contributed by atoms with Gasteiger partial charge < -0.3 is 15.4 Å². The van der Waals surface area contributed by atoms with Gasteiger partial charge in [0, 0.05) is 23.9 Å². The van der Waals surface area contributed by atoms with Crippen LogP contribution in [0.2, 0.25) is 0 Å². The van der Waals surface area contributed by atoms with Gasteiger partial charge in [0.15, 0.2) is 0 Å². The number of piperidine rings is 1. The van der Waals surface area contributed by atoms with Gasteiger partial charge in [0.2, 0.25) is 11.9 Å². The standard InChI is InChI=1S/C24H25FN4O2/c1-31-17-11-9-16(10-12-17)14-22(30)29-13-5-4-8-21(29)23-19(15-27-24(26)28-23)18-6-2-3-7-20(18)25/h2-3,6-7,9-12,15,21H,4-5,8,13-14H2,1H3,(H2,26,27,28)/t21-/m1/s1. The summed E-state index contributed by atoms with van der Waals surface area (Å²) in [6.07, 6.45) is 4.44. The van der Waals surface area contributed by atoms with Crippen molar-refractivity contribution in [1.82, 2.24) is 14.9 Å². The molecule has 31 heavy (non-hydrogen) atoms. The molecule has 4 rings (SSSR count). The summed E-state index contributed by atoms with van der Waals surface area (Å²) in [5, 5.41) is 0. The molecule has 0 bridgehead atoms. The number of hydrogen-bond acceptors (Lipinski definition) is 5. The summed E-state index contributed by atoms with van der Waals surface area (Å²) in [5.74, 6) is 0.511. The van der Waals surface area contributed by atoms with Crippen molar-refractivity contribution in [3.05, 3.63) is 71.8 Å². The molecule has 0 saturated carbocycles. The third-order valence-electron chi connectivity index (χ3n) is 5.65. The molecule has 2 N–H and O–H groups in total. The first-order chi connectivity index (χ1) is 15.1. The Morgan fingerprint density at radius 3 is 2.68 bits per heavy atom. The molecule has 3 aromatic rings. The van der Waals surface area contributed by atoms with Crippen LogP contribution in [-0.2, 0) is 11.2 Å². The van der Waals surface area contributed by atoms with Gasteiger partial charge in [-0.05, 0) is 43.0 Å². The zero-order chi connectivity index (χ0) is 21.8. The lowest BCUT2D eigenvalue weighted by Gasteiger charge is -2.36. The van der Waals surface area contributed by atoms with Crippen LogP contribution in [-0.4, -0.2) is 34.4 Å². The van der Waals surface area contributed by atoms with E-state index in [0.29, 0.717) is 23.4 Å². The predicted molar refractivity (Wildman–Crippen MR) is 117 cm³/mol. The number of rotatable bonds is 5. The number of likely N-dealkylation sites (tertiary alicyclic amines) is 1. The second-order valence-electron chi connectivity index (χ2n) is 7.63. The van der Waals surface area contributed by atoms with Crippen LogP contribution in [0.5, 0.6) is 5.75 Å². The molecule has 1 atom stereocenters. The highest BCUT2D eigenvalue weighted by molar-refractivity contribution is 5.80. The zero-order valence-corrected chi connectivity index (χ0v) is 17.4. The predicted octanol–water partition coefficient (Wildman–Crippen LogP) is 4.17. The van der Waals surface area contributed by atoms with Gasteiger partial charge in [0.25, 0.3) is 0 Å². The number of carbonyl (C=O) groups is 1. The molecule has 0 radical (unpaired) electrons. The van der Waals surface area contributed by atoms with Gasteiger partial charge >= 0.3 is 0 Å². The van der Waals surface area contributed by atoms with Crippen LogP contribution in [0.25, 0.3) is 11.1 Å². The summed E-state index contributed by atoms with van der Waals surface area (Å²) in [4.78, 5) is 23.7. The molecule has 0 spiro atoms. The Hall–Kier alpha value is -3.48. The van der Waals surface area contributed by atoms with Gasteiger partial charge in [-0.15, -0.1) is 0 Å². The van der Waals surface area contributed by atoms with Crippen LogP contribution in [0.1, 0.15) is 36.6 Å². The zero-order valence-electron chi connectivity index (χ0n) is 17.4. The van der Waals surface area contributed by atoms with Crippen LogP contribution in [0.4, 0.5) is 10.3 Å². The number of aromatic nitrogens is 2. The Labute approximate surface area is 180 Å². The molecule has 1 saturated heterocycles. The van der Waals surface area contributed by atoms with Crippen molar-refractivity contribution in [3.8, 4) is 16.9 Å². The topological polar surface area (TPSA) is 81.3 Å². The molecule has 1 aliphatic rings. The van der Waals surface area contributed by atoms with E-state index in [0.717, 1.165) is 30.6 Å². The Morgan fingerprint density at radius 1 is 1.16 bits per heavy atom. The smallest absolute Gasteiger partial charge is 0.227 e. The first kappa shape index (κ1) is 20.8. The summed E-state index contributed by atoms with van der Waals surface area (Å²) in [5.41, 5.74) is 8.38. The number of benzene rings is 2. The highest BCUT2D eigenvalue weighted by Gasteiger charge is 2.31. The number of methoxy groups -OCH3 is 1. The fourth-order valence-corrected chi connectivity index (χ4v) is 4.08. The number of amides is 1. The quantitative estimate of drug-likeness (QED) is 0.670. The number of ether oxygens (including phenoxy) is 1.